The number of rotatable bonds is 8. The molecule has 1 N–H and O–H groups in total. The van der Waals surface area contributed by atoms with Crippen molar-refractivity contribution in [1.82, 2.24) is 5.32 Å². The van der Waals surface area contributed by atoms with Gasteiger partial charge in [0.2, 0.25) is 0 Å². The molecule has 2 aromatic carbocycles. The fourth-order valence-corrected chi connectivity index (χ4v) is 2.31. The van der Waals surface area contributed by atoms with E-state index in [9.17, 15) is 13.6 Å². The molecule has 0 bridgehead atoms. The van der Waals surface area contributed by atoms with Gasteiger partial charge in [0, 0.05) is 12.1 Å². The molecule has 4 nitrogen and oxygen atoms in total. The minimum atomic E-state index is -1.04. The highest BCUT2D eigenvalue weighted by molar-refractivity contribution is 5.94. The van der Waals surface area contributed by atoms with Crippen LogP contribution in [0.1, 0.15) is 29.8 Å². The molecule has 0 atom stereocenters. The predicted octanol–water partition coefficient (Wildman–Crippen LogP) is 3.73. The third kappa shape index (κ3) is 5.17. The molecule has 0 spiro atoms. The minimum Gasteiger partial charge on any atom is -0.490 e. The highest BCUT2D eigenvalue weighted by Gasteiger charge is 2.10. The largest absolute Gasteiger partial charge is 0.490 e. The Hall–Kier alpha value is -2.63. The van der Waals surface area contributed by atoms with Gasteiger partial charge in [-0.05, 0) is 56.2 Å². The van der Waals surface area contributed by atoms with Crippen LogP contribution in [-0.4, -0.2) is 25.7 Å². The molecule has 0 radical (unpaired) electrons. The average molecular weight is 349 g/mol. The van der Waals surface area contributed by atoms with E-state index in [1.54, 1.807) is 0 Å². The average Bonchev–Trinajstić information content (AvgIpc) is 2.60. The van der Waals surface area contributed by atoms with Gasteiger partial charge in [-0.25, -0.2) is 8.78 Å². The predicted molar refractivity (Wildman–Crippen MR) is 91.2 cm³/mol. The van der Waals surface area contributed by atoms with Gasteiger partial charge in [-0.1, -0.05) is 6.07 Å². The summed E-state index contributed by atoms with van der Waals surface area (Å²) in [5.41, 5.74) is 1.05. The third-order valence-corrected chi connectivity index (χ3v) is 3.49. The number of halogens is 2. The Morgan fingerprint density at radius 1 is 0.960 bits per heavy atom. The van der Waals surface area contributed by atoms with E-state index in [1.165, 1.54) is 6.07 Å². The monoisotopic (exact) mass is 349 g/mol. The van der Waals surface area contributed by atoms with Gasteiger partial charge in [-0.2, -0.15) is 0 Å². The standard InChI is InChI=1S/C19H21F2NO3/c1-3-24-17-8-5-13(11-18(17)25-4-2)9-10-22-19(23)14-6-7-15(20)16(21)12-14/h5-8,11-12H,3-4,9-10H2,1-2H3,(H,22,23). The Labute approximate surface area is 145 Å². The SMILES string of the molecule is CCOc1ccc(CCNC(=O)c2ccc(F)c(F)c2)cc1OCC. The maximum Gasteiger partial charge on any atom is 0.251 e. The molecule has 0 heterocycles. The van der Waals surface area contributed by atoms with Gasteiger partial charge in [0.05, 0.1) is 13.2 Å². The maximum absolute atomic E-state index is 13.2. The lowest BCUT2D eigenvalue weighted by Gasteiger charge is -2.12. The van der Waals surface area contributed by atoms with Crippen LogP contribution in [-0.2, 0) is 6.42 Å². The number of benzene rings is 2. The van der Waals surface area contributed by atoms with Crippen LogP contribution < -0.4 is 14.8 Å². The second-order valence-corrected chi connectivity index (χ2v) is 5.28. The highest BCUT2D eigenvalue weighted by Crippen LogP contribution is 2.28. The Balaban J connectivity index is 1.95. The van der Waals surface area contributed by atoms with Gasteiger partial charge >= 0.3 is 0 Å². The van der Waals surface area contributed by atoms with Crippen LogP contribution >= 0.6 is 0 Å². The lowest BCUT2D eigenvalue weighted by Crippen LogP contribution is -2.25. The van der Waals surface area contributed by atoms with Crippen molar-refractivity contribution in [3.63, 3.8) is 0 Å². The Morgan fingerprint density at radius 2 is 1.68 bits per heavy atom. The molecule has 1 amide bonds. The van der Waals surface area contributed by atoms with E-state index in [2.05, 4.69) is 5.32 Å². The summed E-state index contributed by atoms with van der Waals surface area (Å²) < 4.78 is 37.1. The first-order chi connectivity index (χ1) is 12.0. The van der Waals surface area contributed by atoms with Crippen LogP contribution in [0.4, 0.5) is 8.78 Å². The van der Waals surface area contributed by atoms with E-state index < -0.39 is 17.5 Å². The molecule has 25 heavy (non-hydrogen) atoms. The third-order valence-electron chi connectivity index (χ3n) is 3.49. The van der Waals surface area contributed by atoms with Crippen molar-refractivity contribution in [2.24, 2.45) is 0 Å². The first-order valence-electron chi connectivity index (χ1n) is 8.17. The van der Waals surface area contributed by atoms with Crippen molar-refractivity contribution in [2.45, 2.75) is 20.3 Å². The summed E-state index contributed by atoms with van der Waals surface area (Å²) in [4.78, 5) is 12.0. The first kappa shape index (κ1) is 18.7. The fraction of sp³-hybridized carbons (Fsp3) is 0.316. The molecule has 0 aliphatic rings. The zero-order chi connectivity index (χ0) is 18.2. The van der Waals surface area contributed by atoms with Crippen LogP contribution in [0.3, 0.4) is 0 Å². The van der Waals surface area contributed by atoms with Crippen molar-refractivity contribution in [3.05, 3.63) is 59.2 Å². The first-order valence-corrected chi connectivity index (χ1v) is 8.17. The topological polar surface area (TPSA) is 47.6 Å². The fourth-order valence-electron chi connectivity index (χ4n) is 2.31. The zero-order valence-electron chi connectivity index (χ0n) is 14.3. The Bertz CT molecular complexity index is 735. The summed E-state index contributed by atoms with van der Waals surface area (Å²) in [5.74, 6) is -1.13. The molecule has 0 saturated heterocycles. The second-order valence-electron chi connectivity index (χ2n) is 5.28. The quantitative estimate of drug-likeness (QED) is 0.790. The Kier molecular flexibility index (Phi) is 6.74. The maximum atomic E-state index is 13.2. The van der Waals surface area contributed by atoms with Crippen LogP contribution in [0.5, 0.6) is 11.5 Å². The van der Waals surface area contributed by atoms with Crippen LogP contribution in [0.25, 0.3) is 0 Å². The minimum absolute atomic E-state index is 0.0839. The molecule has 0 saturated carbocycles. The summed E-state index contributed by atoms with van der Waals surface area (Å²) in [6.45, 7) is 5.22. The molecule has 134 valence electrons. The van der Waals surface area contributed by atoms with E-state index in [-0.39, 0.29) is 5.56 Å². The molecular weight excluding hydrogens is 328 g/mol. The van der Waals surface area contributed by atoms with Crippen LogP contribution in [0, 0.1) is 11.6 Å². The van der Waals surface area contributed by atoms with Gasteiger partial charge in [0.1, 0.15) is 0 Å². The van der Waals surface area contributed by atoms with Crippen molar-refractivity contribution < 1.29 is 23.0 Å². The highest BCUT2D eigenvalue weighted by atomic mass is 19.2. The summed E-state index contributed by atoms with van der Waals surface area (Å²) in [7, 11) is 0. The van der Waals surface area contributed by atoms with Gasteiger partial charge in [-0.3, -0.25) is 4.79 Å². The van der Waals surface area contributed by atoms with Crippen molar-refractivity contribution in [1.29, 1.82) is 0 Å². The molecule has 0 aliphatic carbocycles. The second kappa shape index (κ2) is 9.01. The molecule has 6 heteroatoms. The van der Waals surface area contributed by atoms with E-state index >= 15 is 0 Å². The molecule has 2 rings (SSSR count). The van der Waals surface area contributed by atoms with Gasteiger partial charge in [-0.15, -0.1) is 0 Å². The number of ether oxygens (including phenoxy) is 2. The van der Waals surface area contributed by atoms with Gasteiger partial charge in [0.25, 0.3) is 5.91 Å². The smallest absolute Gasteiger partial charge is 0.251 e. The van der Waals surface area contributed by atoms with E-state index in [1.807, 2.05) is 32.0 Å². The van der Waals surface area contributed by atoms with Crippen molar-refractivity contribution in [2.75, 3.05) is 19.8 Å². The van der Waals surface area contributed by atoms with Gasteiger partial charge < -0.3 is 14.8 Å². The molecular formula is C19H21F2NO3. The summed E-state index contributed by atoms with van der Waals surface area (Å²) in [6, 6.07) is 8.67. The van der Waals surface area contributed by atoms with Crippen molar-refractivity contribution in [3.8, 4) is 11.5 Å². The van der Waals surface area contributed by atoms with Gasteiger partial charge in [0.15, 0.2) is 23.1 Å². The number of carbonyl (C=O) groups is 1. The molecule has 0 unspecified atom stereocenters. The summed E-state index contributed by atoms with van der Waals surface area (Å²) in [6.07, 6.45) is 0.571. The number of hydrogen-bond donors (Lipinski definition) is 1. The lowest BCUT2D eigenvalue weighted by atomic mass is 10.1. The zero-order valence-corrected chi connectivity index (χ0v) is 14.3. The number of nitrogens with one attached hydrogen (secondary N) is 1. The number of hydrogen-bond acceptors (Lipinski definition) is 3. The normalized spacial score (nSPS) is 10.4. The lowest BCUT2D eigenvalue weighted by molar-refractivity contribution is 0.0953. The van der Waals surface area contributed by atoms with E-state index in [4.69, 9.17) is 9.47 Å². The van der Waals surface area contributed by atoms with E-state index in [0.29, 0.717) is 37.7 Å². The molecule has 2 aromatic rings. The van der Waals surface area contributed by atoms with Crippen LogP contribution in [0.2, 0.25) is 0 Å². The Morgan fingerprint density at radius 3 is 2.36 bits per heavy atom. The summed E-state index contributed by atoms with van der Waals surface area (Å²) in [5, 5.41) is 2.69. The molecule has 0 aliphatic heterocycles. The van der Waals surface area contributed by atoms with Crippen LogP contribution in [0.15, 0.2) is 36.4 Å². The molecule has 0 aromatic heterocycles. The molecule has 0 fully saturated rings. The summed E-state index contributed by atoms with van der Waals surface area (Å²) >= 11 is 0. The van der Waals surface area contributed by atoms with E-state index in [0.717, 1.165) is 17.7 Å². The number of amides is 1. The number of carbonyl (C=O) groups excluding carboxylic acids is 1. The van der Waals surface area contributed by atoms with Crippen molar-refractivity contribution >= 4 is 5.91 Å².